The second kappa shape index (κ2) is 7.72. The molecule has 0 bridgehead atoms. The summed E-state index contributed by atoms with van der Waals surface area (Å²) < 4.78 is 29.2. The van der Waals surface area contributed by atoms with Gasteiger partial charge in [-0.25, -0.2) is 13.5 Å². The summed E-state index contributed by atoms with van der Waals surface area (Å²) in [5, 5.41) is 6.85. The van der Waals surface area contributed by atoms with Crippen molar-refractivity contribution in [3.05, 3.63) is 74.6 Å². The van der Waals surface area contributed by atoms with Gasteiger partial charge >= 0.3 is 0 Å². The number of aryl methyl sites for hydroxylation is 3. The molecule has 1 aromatic heterocycles. The molecule has 0 spiro atoms. The summed E-state index contributed by atoms with van der Waals surface area (Å²) in [5.41, 5.74) is 5.95. The first-order valence-electron chi connectivity index (χ1n) is 10.1. The maximum Gasteiger partial charge on any atom is 0.267 e. The van der Waals surface area contributed by atoms with Crippen LogP contribution in [0.4, 0.5) is 5.69 Å². The average molecular weight is 424 g/mol. The molecular formula is C23H25N3O3S. The minimum absolute atomic E-state index is 0.148. The van der Waals surface area contributed by atoms with Crippen molar-refractivity contribution >= 4 is 15.7 Å². The van der Waals surface area contributed by atoms with E-state index < -0.39 is 10.0 Å². The number of benzene rings is 2. The lowest BCUT2D eigenvalue weighted by Crippen LogP contribution is -2.21. The molecule has 4 rings (SSSR count). The van der Waals surface area contributed by atoms with Crippen LogP contribution in [0.1, 0.15) is 40.7 Å². The molecule has 1 aliphatic rings. The highest BCUT2D eigenvalue weighted by molar-refractivity contribution is 7.92. The van der Waals surface area contributed by atoms with Crippen LogP contribution in [0.25, 0.3) is 11.3 Å². The molecule has 0 amide bonds. The number of hydrogen-bond donors (Lipinski definition) is 2. The fraction of sp³-hybridized carbons (Fsp3) is 0.304. The Labute approximate surface area is 176 Å². The summed E-state index contributed by atoms with van der Waals surface area (Å²) >= 11 is 0. The molecule has 0 aliphatic heterocycles. The lowest BCUT2D eigenvalue weighted by Gasteiger charge is -2.18. The first-order chi connectivity index (χ1) is 14.3. The van der Waals surface area contributed by atoms with Gasteiger partial charge in [0.25, 0.3) is 15.6 Å². The number of aromatic amines is 1. The number of fused-ring (bicyclic) bond motifs is 1. The monoisotopic (exact) mass is 423 g/mol. The van der Waals surface area contributed by atoms with E-state index in [4.69, 9.17) is 0 Å². The first-order valence-corrected chi connectivity index (χ1v) is 11.6. The van der Waals surface area contributed by atoms with Crippen LogP contribution >= 0.6 is 0 Å². The van der Waals surface area contributed by atoms with Crippen LogP contribution in [0, 0.1) is 20.8 Å². The highest BCUT2D eigenvalue weighted by Crippen LogP contribution is 2.31. The van der Waals surface area contributed by atoms with Crippen LogP contribution < -0.4 is 10.3 Å². The molecule has 7 heteroatoms. The molecule has 0 fully saturated rings. The number of anilines is 1. The Morgan fingerprint density at radius 1 is 0.933 bits per heavy atom. The summed E-state index contributed by atoms with van der Waals surface area (Å²) in [4.78, 5) is 12.4. The maximum atomic E-state index is 13.2. The number of nitrogens with one attached hydrogen (secondary N) is 2. The zero-order chi connectivity index (χ0) is 21.5. The molecule has 156 valence electrons. The smallest absolute Gasteiger partial charge is 0.267 e. The van der Waals surface area contributed by atoms with E-state index in [0.717, 1.165) is 47.9 Å². The molecule has 3 aromatic rings. The number of nitrogens with zero attached hydrogens (tertiary/aromatic N) is 1. The van der Waals surface area contributed by atoms with E-state index in [2.05, 4.69) is 14.9 Å². The van der Waals surface area contributed by atoms with Crippen molar-refractivity contribution in [2.24, 2.45) is 0 Å². The van der Waals surface area contributed by atoms with Crippen LogP contribution in [-0.4, -0.2) is 18.6 Å². The van der Waals surface area contributed by atoms with Gasteiger partial charge in [-0.05, 0) is 80.8 Å². The van der Waals surface area contributed by atoms with Crippen molar-refractivity contribution in [1.82, 2.24) is 10.2 Å². The maximum absolute atomic E-state index is 13.2. The Kier molecular flexibility index (Phi) is 5.24. The Bertz CT molecular complexity index is 1290. The normalized spacial score (nSPS) is 13.7. The van der Waals surface area contributed by atoms with E-state index in [1.807, 2.05) is 38.1 Å². The molecule has 2 aromatic carbocycles. The van der Waals surface area contributed by atoms with Gasteiger partial charge in [0.2, 0.25) is 0 Å². The van der Waals surface area contributed by atoms with Crippen LogP contribution in [0.15, 0.2) is 46.1 Å². The number of sulfonamides is 1. The minimum Gasteiger partial charge on any atom is -0.279 e. The molecule has 1 heterocycles. The van der Waals surface area contributed by atoms with Crippen LogP contribution in [-0.2, 0) is 22.9 Å². The second-order valence-corrected chi connectivity index (χ2v) is 9.62. The molecule has 1 aliphatic carbocycles. The van der Waals surface area contributed by atoms with E-state index in [1.54, 1.807) is 19.1 Å². The van der Waals surface area contributed by atoms with Crippen LogP contribution in [0.3, 0.4) is 0 Å². The van der Waals surface area contributed by atoms with Crippen LogP contribution in [0.2, 0.25) is 0 Å². The highest BCUT2D eigenvalue weighted by atomic mass is 32.2. The third-order valence-corrected chi connectivity index (χ3v) is 7.19. The highest BCUT2D eigenvalue weighted by Gasteiger charge is 2.22. The Hall–Kier alpha value is -2.93. The number of hydrogen-bond acceptors (Lipinski definition) is 4. The molecule has 2 N–H and O–H groups in total. The summed E-state index contributed by atoms with van der Waals surface area (Å²) in [6.45, 7) is 5.57. The molecule has 0 unspecified atom stereocenters. The van der Waals surface area contributed by atoms with Crippen LogP contribution in [0.5, 0.6) is 0 Å². The lowest BCUT2D eigenvalue weighted by molar-refractivity contribution is 0.600. The van der Waals surface area contributed by atoms with Crippen molar-refractivity contribution < 1.29 is 8.42 Å². The molecule has 6 nitrogen and oxygen atoms in total. The molecular weight excluding hydrogens is 398 g/mol. The third-order valence-electron chi connectivity index (χ3n) is 5.69. The zero-order valence-electron chi connectivity index (χ0n) is 17.4. The van der Waals surface area contributed by atoms with Gasteiger partial charge in [-0.15, -0.1) is 0 Å². The van der Waals surface area contributed by atoms with Gasteiger partial charge in [-0.2, -0.15) is 5.10 Å². The molecule has 0 saturated carbocycles. The van der Waals surface area contributed by atoms with Crippen molar-refractivity contribution in [3.63, 3.8) is 0 Å². The minimum atomic E-state index is -3.79. The van der Waals surface area contributed by atoms with Gasteiger partial charge in [0.15, 0.2) is 0 Å². The third kappa shape index (κ3) is 3.77. The van der Waals surface area contributed by atoms with Crippen molar-refractivity contribution in [2.75, 3.05) is 4.72 Å². The predicted molar refractivity (Wildman–Crippen MR) is 118 cm³/mol. The van der Waals surface area contributed by atoms with Gasteiger partial charge in [0, 0.05) is 11.1 Å². The SMILES string of the molecule is Cc1ccc(C)c(NS(=O)(=O)c2cc(-c3n[nH]c(=O)c4c3CCCC4)ccc2C)c1. The Morgan fingerprint density at radius 2 is 1.63 bits per heavy atom. The van der Waals surface area contributed by atoms with E-state index in [1.165, 1.54) is 0 Å². The van der Waals surface area contributed by atoms with E-state index >= 15 is 0 Å². The van der Waals surface area contributed by atoms with E-state index in [9.17, 15) is 13.2 Å². The summed E-state index contributed by atoms with van der Waals surface area (Å²) in [6.07, 6.45) is 3.48. The number of H-pyrrole nitrogens is 1. The quantitative estimate of drug-likeness (QED) is 0.662. The Morgan fingerprint density at radius 3 is 2.40 bits per heavy atom. The fourth-order valence-electron chi connectivity index (χ4n) is 3.98. The summed E-state index contributed by atoms with van der Waals surface area (Å²) in [7, 11) is -3.79. The van der Waals surface area contributed by atoms with Gasteiger partial charge in [0.05, 0.1) is 16.3 Å². The van der Waals surface area contributed by atoms with Crippen molar-refractivity contribution in [2.45, 2.75) is 51.3 Å². The van der Waals surface area contributed by atoms with Gasteiger partial charge in [-0.3, -0.25) is 9.52 Å². The van der Waals surface area contributed by atoms with Gasteiger partial charge < -0.3 is 0 Å². The molecule has 0 atom stereocenters. The first kappa shape index (κ1) is 20.3. The fourth-order valence-corrected chi connectivity index (χ4v) is 5.37. The van der Waals surface area contributed by atoms with E-state index in [-0.39, 0.29) is 10.5 Å². The molecule has 30 heavy (non-hydrogen) atoms. The molecule has 0 radical (unpaired) electrons. The van der Waals surface area contributed by atoms with Crippen molar-refractivity contribution in [3.8, 4) is 11.3 Å². The molecule has 0 saturated heterocycles. The van der Waals surface area contributed by atoms with Crippen molar-refractivity contribution in [1.29, 1.82) is 0 Å². The van der Waals surface area contributed by atoms with E-state index in [0.29, 0.717) is 22.5 Å². The van der Waals surface area contributed by atoms with Gasteiger partial charge in [0.1, 0.15) is 0 Å². The predicted octanol–water partition coefficient (Wildman–Crippen LogP) is 4.04. The zero-order valence-corrected chi connectivity index (χ0v) is 18.2. The standard InChI is InChI=1S/C23H25N3O3S/c1-14-8-9-15(2)20(12-14)26-30(28,29)21-13-17(11-10-16(21)3)22-18-6-4-5-7-19(18)23(27)25-24-22/h8-13,26H,4-7H2,1-3H3,(H,25,27). The summed E-state index contributed by atoms with van der Waals surface area (Å²) in [5.74, 6) is 0. The number of aromatic nitrogens is 2. The largest absolute Gasteiger partial charge is 0.279 e. The lowest BCUT2D eigenvalue weighted by atomic mass is 9.90. The average Bonchev–Trinajstić information content (AvgIpc) is 2.71. The number of rotatable bonds is 4. The Balaban J connectivity index is 1.80. The second-order valence-electron chi connectivity index (χ2n) is 7.97. The topological polar surface area (TPSA) is 91.9 Å². The van der Waals surface area contributed by atoms with Gasteiger partial charge in [-0.1, -0.05) is 24.3 Å². The summed E-state index contributed by atoms with van der Waals surface area (Å²) in [6, 6.07) is 11.0.